The topological polar surface area (TPSA) is 52.3 Å². The molecule has 2 rings (SSSR count). The summed E-state index contributed by atoms with van der Waals surface area (Å²) in [6.07, 6.45) is 0. The van der Waals surface area contributed by atoms with E-state index in [1.807, 2.05) is 0 Å². The SMILES string of the molecule is CCOC(=O)c1cccc(-c2cc(F)c(F)c(F)c2)c1N. The van der Waals surface area contributed by atoms with E-state index in [2.05, 4.69) is 0 Å². The highest BCUT2D eigenvalue weighted by Crippen LogP contribution is 2.31. The van der Waals surface area contributed by atoms with Gasteiger partial charge in [-0.05, 0) is 30.7 Å². The third-order valence-corrected chi connectivity index (χ3v) is 2.90. The monoisotopic (exact) mass is 295 g/mol. The lowest BCUT2D eigenvalue weighted by atomic mass is 10.00. The van der Waals surface area contributed by atoms with E-state index >= 15 is 0 Å². The molecule has 110 valence electrons. The maximum Gasteiger partial charge on any atom is 0.340 e. The molecule has 0 unspecified atom stereocenters. The van der Waals surface area contributed by atoms with Crippen molar-refractivity contribution >= 4 is 11.7 Å². The van der Waals surface area contributed by atoms with Crippen LogP contribution in [0.4, 0.5) is 18.9 Å². The summed E-state index contributed by atoms with van der Waals surface area (Å²) >= 11 is 0. The van der Waals surface area contributed by atoms with E-state index < -0.39 is 23.4 Å². The maximum atomic E-state index is 13.3. The highest BCUT2D eigenvalue weighted by molar-refractivity contribution is 5.99. The Bertz CT molecular complexity index is 678. The summed E-state index contributed by atoms with van der Waals surface area (Å²) < 4.78 is 44.4. The van der Waals surface area contributed by atoms with Gasteiger partial charge < -0.3 is 10.5 Å². The number of esters is 1. The summed E-state index contributed by atoms with van der Waals surface area (Å²) in [5.74, 6) is -4.85. The van der Waals surface area contributed by atoms with E-state index in [-0.39, 0.29) is 29.0 Å². The van der Waals surface area contributed by atoms with Crippen LogP contribution in [-0.4, -0.2) is 12.6 Å². The van der Waals surface area contributed by atoms with Crippen molar-refractivity contribution < 1.29 is 22.7 Å². The molecule has 21 heavy (non-hydrogen) atoms. The standard InChI is InChI=1S/C15H12F3NO2/c1-2-21-15(20)10-5-3-4-9(14(10)19)8-6-11(16)13(18)12(17)7-8/h3-7H,2,19H2,1H3. The van der Waals surface area contributed by atoms with Gasteiger partial charge in [-0.3, -0.25) is 0 Å². The van der Waals surface area contributed by atoms with Crippen molar-refractivity contribution in [2.45, 2.75) is 6.92 Å². The summed E-state index contributed by atoms with van der Waals surface area (Å²) in [4.78, 5) is 11.7. The number of anilines is 1. The van der Waals surface area contributed by atoms with Crippen molar-refractivity contribution in [1.29, 1.82) is 0 Å². The Hall–Kier alpha value is -2.50. The van der Waals surface area contributed by atoms with Crippen molar-refractivity contribution in [2.24, 2.45) is 0 Å². The Morgan fingerprint density at radius 2 is 1.81 bits per heavy atom. The summed E-state index contributed by atoms with van der Waals surface area (Å²) in [5.41, 5.74) is 6.20. The predicted molar refractivity (Wildman–Crippen MR) is 72.1 cm³/mol. The van der Waals surface area contributed by atoms with Crippen LogP contribution < -0.4 is 5.73 Å². The number of nitrogens with two attached hydrogens (primary N) is 1. The molecule has 0 aliphatic heterocycles. The van der Waals surface area contributed by atoms with Gasteiger partial charge in [0.1, 0.15) is 0 Å². The van der Waals surface area contributed by atoms with Gasteiger partial charge in [-0.25, -0.2) is 18.0 Å². The van der Waals surface area contributed by atoms with E-state index in [0.717, 1.165) is 12.1 Å². The van der Waals surface area contributed by atoms with Crippen LogP contribution in [-0.2, 0) is 4.74 Å². The maximum absolute atomic E-state index is 13.3. The minimum atomic E-state index is -1.56. The number of rotatable bonds is 3. The van der Waals surface area contributed by atoms with Gasteiger partial charge in [0.2, 0.25) is 0 Å². The number of carbonyl (C=O) groups is 1. The van der Waals surface area contributed by atoms with Gasteiger partial charge in [-0.15, -0.1) is 0 Å². The molecular weight excluding hydrogens is 283 g/mol. The van der Waals surface area contributed by atoms with Crippen LogP contribution >= 0.6 is 0 Å². The van der Waals surface area contributed by atoms with Crippen molar-refractivity contribution in [2.75, 3.05) is 12.3 Å². The largest absolute Gasteiger partial charge is 0.462 e. The van der Waals surface area contributed by atoms with Crippen LogP contribution in [0.5, 0.6) is 0 Å². The van der Waals surface area contributed by atoms with E-state index in [1.165, 1.54) is 18.2 Å². The number of carbonyl (C=O) groups excluding carboxylic acids is 1. The minimum absolute atomic E-state index is 0.0151. The fourth-order valence-corrected chi connectivity index (χ4v) is 1.91. The summed E-state index contributed by atoms with van der Waals surface area (Å²) in [6, 6.07) is 6.05. The second-order valence-electron chi connectivity index (χ2n) is 4.24. The minimum Gasteiger partial charge on any atom is -0.462 e. The number of ether oxygens (including phenoxy) is 1. The van der Waals surface area contributed by atoms with E-state index in [0.29, 0.717) is 0 Å². The zero-order valence-electron chi connectivity index (χ0n) is 11.1. The number of hydrogen-bond donors (Lipinski definition) is 1. The average Bonchev–Trinajstić information content (AvgIpc) is 2.44. The molecule has 0 fully saturated rings. The summed E-state index contributed by atoms with van der Waals surface area (Å²) in [6.45, 7) is 1.81. The van der Waals surface area contributed by atoms with Crippen molar-refractivity contribution in [1.82, 2.24) is 0 Å². The number of para-hydroxylation sites is 1. The van der Waals surface area contributed by atoms with Gasteiger partial charge in [-0.2, -0.15) is 0 Å². The first-order valence-corrected chi connectivity index (χ1v) is 6.16. The first-order chi connectivity index (χ1) is 9.95. The molecule has 2 N–H and O–H groups in total. The summed E-state index contributed by atoms with van der Waals surface area (Å²) in [7, 11) is 0. The van der Waals surface area contributed by atoms with Gasteiger partial charge in [-0.1, -0.05) is 12.1 Å². The molecule has 0 spiro atoms. The second kappa shape index (κ2) is 5.87. The third kappa shape index (κ3) is 2.84. The molecule has 0 bridgehead atoms. The molecule has 2 aromatic rings. The van der Waals surface area contributed by atoms with Crippen LogP contribution in [0.1, 0.15) is 17.3 Å². The van der Waals surface area contributed by atoms with Crippen molar-refractivity contribution in [3.05, 3.63) is 53.3 Å². The average molecular weight is 295 g/mol. The van der Waals surface area contributed by atoms with Crippen LogP contribution in [0.2, 0.25) is 0 Å². The van der Waals surface area contributed by atoms with Crippen LogP contribution in [0.25, 0.3) is 11.1 Å². The van der Waals surface area contributed by atoms with E-state index in [1.54, 1.807) is 6.92 Å². The number of halogens is 3. The van der Waals surface area contributed by atoms with Crippen molar-refractivity contribution in [3.63, 3.8) is 0 Å². The Kier molecular flexibility index (Phi) is 4.16. The van der Waals surface area contributed by atoms with Gasteiger partial charge >= 0.3 is 5.97 Å². The molecule has 0 saturated carbocycles. The first-order valence-electron chi connectivity index (χ1n) is 6.16. The molecule has 0 saturated heterocycles. The Morgan fingerprint density at radius 1 is 1.19 bits per heavy atom. The Labute approximate surface area is 119 Å². The van der Waals surface area contributed by atoms with Gasteiger partial charge in [0.25, 0.3) is 0 Å². The quantitative estimate of drug-likeness (QED) is 0.535. The molecule has 0 heterocycles. The molecular formula is C15H12F3NO2. The van der Waals surface area contributed by atoms with Crippen LogP contribution in [0.15, 0.2) is 30.3 Å². The fraction of sp³-hybridized carbons (Fsp3) is 0.133. The second-order valence-corrected chi connectivity index (χ2v) is 4.24. The Morgan fingerprint density at radius 3 is 2.38 bits per heavy atom. The third-order valence-electron chi connectivity index (χ3n) is 2.90. The molecule has 2 aromatic carbocycles. The molecule has 0 aromatic heterocycles. The van der Waals surface area contributed by atoms with Crippen molar-refractivity contribution in [3.8, 4) is 11.1 Å². The molecule has 0 aliphatic carbocycles. The lowest BCUT2D eigenvalue weighted by molar-refractivity contribution is 0.0527. The molecule has 0 amide bonds. The van der Waals surface area contributed by atoms with Gasteiger partial charge in [0.05, 0.1) is 17.9 Å². The zero-order chi connectivity index (χ0) is 15.6. The normalized spacial score (nSPS) is 10.5. The Balaban J connectivity index is 2.55. The van der Waals surface area contributed by atoms with Gasteiger partial charge in [0.15, 0.2) is 17.5 Å². The highest BCUT2D eigenvalue weighted by atomic mass is 19.2. The number of benzene rings is 2. The molecule has 6 heteroatoms. The number of nitrogen functional groups attached to an aromatic ring is 1. The smallest absolute Gasteiger partial charge is 0.340 e. The van der Waals surface area contributed by atoms with E-state index in [9.17, 15) is 18.0 Å². The molecule has 0 aliphatic rings. The fourth-order valence-electron chi connectivity index (χ4n) is 1.91. The van der Waals surface area contributed by atoms with Crippen LogP contribution in [0, 0.1) is 17.5 Å². The zero-order valence-corrected chi connectivity index (χ0v) is 11.1. The molecule has 0 atom stereocenters. The molecule has 3 nitrogen and oxygen atoms in total. The summed E-state index contributed by atoms with van der Waals surface area (Å²) in [5, 5.41) is 0. The van der Waals surface area contributed by atoms with Crippen LogP contribution in [0.3, 0.4) is 0 Å². The lowest BCUT2D eigenvalue weighted by Gasteiger charge is -2.11. The lowest BCUT2D eigenvalue weighted by Crippen LogP contribution is -2.08. The number of hydrogen-bond acceptors (Lipinski definition) is 3. The highest BCUT2D eigenvalue weighted by Gasteiger charge is 2.17. The predicted octanol–water partition coefficient (Wildman–Crippen LogP) is 3.53. The first kappa shape index (κ1) is 14.9. The van der Waals surface area contributed by atoms with Gasteiger partial charge in [0, 0.05) is 5.56 Å². The van der Waals surface area contributed by atoms with E-state index in [4.69, 9.17) is 10.5 Å². The molecule has 0 radical (unpaired) electrons.